The first-order chi connectivity index (χ1) is 25.0. The number of cyclic esters (lactones) is 1. The molecule has 11 nitrogen and oxygen atoms in total. The summed E-state index contributed by atoms with van der Waals surface area (Å²) in [4.78, 5) is 28.6. The first-order valence-electron chi connectivity index (χ1n) is 20.3. The SMILES string of the molecule is CC[C@H](O)[C@@H](C)[C@H]1O[C@@H]1C[C@@](C)(O)/C=C/C=C(\C)[C@H]1OC(=O)C[C@H](O)CC[C@@](C)(OC)[C@@H](OC(=O)N2CC[N+](C)(C3CCCCCC3)CC2)/C=C/[C@@H]1C.S.[I-]. The van der Waals surface area contributed by atoms with Gasteiger partial charge in [-0.05, 0) is 77.4 Å². The number of halogens is 1. The van der Waals surface area contributed by atoms with Crippen LogP contribution in [-0.4, -0.2) is 131 Å². The van der Waals surface area contributed by atoms with Gasteiger partial charge in [-0.2, -0.15) is 13.5 Å². The summed E-state index contributed by atoms with van der Waals surface area (Å²) in [6.07, 6.45) is 14.9. The monoisotopic (exact) mass is 908 g/mol. The number of aliphatic hydroxyl groups excluding tert-OH is 2. The topological polar surface area (TPSA) is 138 Å². The smallest absolute Gasteiger partial charge is 0.410 e. The second-order valence-corrected chi connectivity index (χ2v) is 17.2. The molecule has 0 bridgehead atoms. The summed E-state index contributed by atoms with van der Waals surface area (Å²) in [5.74, 6) is -0.826. The van der Waals surface area contributed by atoms with E-state index in [2.05, 4.69) is 7.05 Å². The molecular formula is C42H73IN2O9S. The van der Waals surface area contributed by atoms with Gasteiger partial charge < -0.3 is 62.7 Å². The van der Waals surface area contributed by atoms with Gasteiger partial charge in [0.2, 0.25) is 0 Å². The minimum Gasteiger partial charge on any atom is -1.00 e. The van der Waals surface area contributed by atoms with E-state index in [1.54, 1.807) is 26.2 Å². The highest BCUT2D eigenvalue weighted by Crippen LogP contribution is 2.38. The number of epoxide rings is 1. The van der Waals surface area contributed by atoms with E-state index in [0.717, 1.165) is 23.1 Å². The number of carbonyl (C=O) groups excluding carboxylic acids is 2. The molecule has 318 valence electrons. The summed E-state index contributed by atoms with van der Waals surface area (Å²) in [7, 11) is 3.93. The summed E-state index contributed by atoms with van der Waals surface area (Å²) < 4.78 is 25.0. The van der Waals surface area contributed by atoms with Crippen LogP contribution in [0.1, 0.15) is 112 Å². The highest BCUT2D eigenvalue weighted by molar-refractivity contribution is 7.59. The van der Waals surface area contributed by atoms with Crippen LogP contribution in [-0.2, 0) is 23.7 Å². The Morgan fingerprint density at radius 2 is 1.80 bits per heavy atom. The highest BCUT2D eigenvalue weighted by atomic mass is 127. The molecule has 55 heavy (non-hydrogen) atoms. The highest BCUT2D eigenvalue weighted by Gasteiger charge is 2.47. The van der Waals surface area contributed by atoms with E-state index in [0.29, 0.717) is 38.4 Å². The number of esters is 1. The average molecular weight is 909 g/mol. The number of rotatable bonds is 11. The van der Waals surface area contributed by atoms with Crippen molar-refractivity contribution in [1.82, 2.24) is 4.90 Å². The fourth-order valence-corrected chi connectivity index (χ4v) is 8.54. The Hall–Kier alpha value is -1.20. The molecule has 3 N–H and O–H groups in total. The predicted octanol–water partition coefficient (Wildman–Crippen LogP) is 2.97. The molecule has 1 saturated carbocycles. The molecule has 2 saturated heterocycles. The number of quaternary nitrogens is 1. The summed E-state index contributed by atoms with van der Waals surface area (Å²) >= 11 is 0. The lowest BCUT2D eigenvalue weighted by Gasteiger charge is -2.47. The zero-order valence-electron chi connectivity index (χ0n) is 34.8. The lowest BCUT2D eigenvalue weighted by atomic mass is 9.88. The van der Waals surface area contributed by atoms with Gasteiger partial charge in [-0.3, -0.25) is 9.69 Å². The van der Waals surface area contributed by atoms with Crippen molar-refractivity contribution in [3.05, 3.63) is 36.0 Å². The van der Waals surface area contributed by atoms with Crippen LogP contribution < -0.4 is 24.0 Å². The quantitative estimate of drug-likeness (QED) is 0.0544. The maximum Gasteiger partial charge on any atom is 0.410 e. The van der Waals surface area contributed by atoms with E-state index in [1.807, 2.05) is 57.7 Å². The number of carbonyl (C=O) groups is 2. The summed E-state index contributed by atoms with van der Waals surface area (Å²) in [5.41, 5.74) is -1.34. The third-order valence-corrected chi connectivity index (χ3v) is 12.8. The maximum atomic E-state index is 13.7. The Balaban J connectivity index is 0.00000523. The molecule has 0 unspecified atom stereocenters. The third-order valence-electron chi connectivity index (χ3n) is 12.8. The van der Waals surface area contributed by atoms with Crippen LogP contribution in [0.15, 0.2) is 36.0 Å². The third kappa shape index (κ3) is 14.2. The number of nitrogens with zero attached hydrogens (tertiary/aromatic N) is 2. The Morgan fingerprint density at radius 3 is 2.40 bits per heavy atom. The molecule has 0 radical (unpaired) electrons. The van der Waals surface area contributed by atoms with Crippen molar-refractivity contribution in [2.24, 2.45) is 11.8 Å². The summed E-state index contributed by atoms with van der Waals surface area (Å²) in [5, 5.41) is 32.2. The van der Waals surface area contributed by atoms with Crippen LogP contribution in [0.25, 0.3) is 0 Å². The van der Waals surface area contributed by atoms with Crippen molar-refractivity contribution in [1.29, 1.82) is 0 Å². The van der Waals surface area contributed by atoms with E-state index < -0.39 is 41.6 Å². The molecule has 4 aliphatic rings. The van der Waals surface area contributed by atoms with Crippen LogP contribution in [0, 0.1) is 11.8 Å². The number of hydrogen-bond acceptors (Lipinski definition) is 9. The van der Waals surface area contributed by atoms with Crippen LogP contribution in [0.5, 0.6) is 0 Å². The van der Waals surface area contributed by atoms with E-state index in [1.165, 1.54) is 38.5 Å². The number of aliphatic hydroxyl groups is 3. The van der Waals surface area contributed by atoms with Gasteiger partial charge in [-0.25, -0.2) is 4.79 Å². The second kappa shape index (κ2) is 22.2. The van der Waals surface area contributed by atoms with Crippen LogP contribution >= 0.6 is 13.5 Å². The fraction of sp³-hybridized carbons (Fsp3) is 0.810. The number of methoxy groups -OCH3 is 1. The minimum absolute atomic E-state index is 0. The minimum atomic E-state index is -1.14. The first-order valence-corrected chi connectivity index (χ1v) is 20.3. The molecule has 0 aromatic heterocycles. The number of likely N-dealkylation sites (N-methyl/N-ethyl adjacent to an activating group) is 1. The standard InChI is InChI=1S/C42H71N2O9.HI.H2S/c1-9-34(46)31(4)39-35(51-39)28-41(5,49)21-14-15-29(2)38-30(3)18-19-36(42(6,50-8)22-20-33(45)27-37(47)53-38)52-40(48)43-23-25-44(7,26-24-43)32-16-12-10-11-13-17-32;;/h14-15,18-19,21,30-36,38-39,45-46,49H,9-13,16-17,20,22-28H2,1-8H3;1H;1H2/q+1;;/p-1/b19-18+,21-14+,29-15+;;/t30-,31+,33+,34-,35+,36-,38+,39+,41-,42+;;/m0../s1. The molecule has 3 heterocycles. The van der Waals surface area contributed by atoms with Crippen molar-refractivity contribution < 1.29 is 72.3 Å². The Bertz CT molecular complexity index is 1300. The van der Waals surface area contributed by atoms with Gasteiger partial charge in [0.1, 0.15) is 11.7 Å². The van der Waals surface area contributed by atoms with Crippen molar-refractivity contribution >= 4 is 25.6 Å². The van der Waals surface area contributed by atoms with E-state index >= 15 is 0 Å². The molecule has 1 amide bonds. The second-order valence-electron chi connectivity index (χ2n) is 17.2. The van der Waals surface area contributed by atoms with E-state index in [4.69, 9.17) is 18.9 Å². The molecule has 0 aromatic carbocycles. The molecular weight excluding hydrogens is 835 g/mol. The van der Waals surface area contributed by atoms with Crippen LogP contribution in [0.3, 0.4) is 0 Å². The van der Waals surface area contributed by atoms with Crippen molar-refractivity contribution in [2.75, 3.05) is 40.3 Å². The zero-order valence-corrected chi connectivity index (χ0v) is 37.9. The number of amides is 1. The average Bonchev–Trinajstić information content (AvgIpc) is 3.93. The summed E-state index contributed by atoms with van der Waals surface area (Å²) in [6, 6.07) is 0.651. The van der Waals surface area contributed by atoms with Crippen molar-refractivity contribution in [3.63, 3.8) is 0 Å². The molecule has 10 atom stereocenters. The van der Waals surface area contributed by atoms with Crippen LogP contribution in [0.2, 0.25) is 0 Å². The number of allylic oxidation sites excluding steroid dienone is 2. The van der Waals surface area contributed by atoms with Gasteiger partial charge >= 0.3 is 12.1 Å². The molecule has 3 aliphatic heterocycles. The van der Waals surface area contributed by atoms with Gasteiger partial charge in [0.15, 0.2) is 6.10 Å². The van der Waals surface area contributed by atoms with Gasteiger partial charge in [0, 0.05) is 25.4 Å². The molecule has 4 rings (SSSR count). The van der Waals surface area contributed by atoms with Crippen molar-refractivity contribution in [3.8, 4) is 0 Å². The van der Waals surface area contributed by atoms with E-state index in [9.17, 15) is 24.9 Å². The van der Waals surface area contributed by atoms with Gasteiger partial charge in [0.25, 0.3) is 0 Å². The maximum absolute atomic E-state index is 13.7. The van der Waals surface area contributed by atoms with Gasteiger partial charge in [-0.15, -0.1) is 0 Å². The van der Waals surface area contributed by atoms with Gasteiger partial charge in [-0.1, -0.05) is 57.9 Å². The number of ether oxygens (including phenoxy) is 4. The molecule has 1 aliphatic carbocycles. The number of piperazine rings is 1. The zero-order chi connectivity index (χ0) is 39.0. The van der Waals surface area contributed by atoms with Gasteiger partial charge in [0.05, 0.1) is 75.7 Å². The Labute approximate surface area is 355 Å². The van der Waals surface area contributed by atoms with Crippen molar-refractivity contribution in [2.45, 2.75) is 166 Å². The molecule has 3 fully saturated rings. The lowest BCUT2D eigenvalue weighted by molar-refractivity contribution is -0.937. The molecule has 0 aromatic rings. The summed E-state index contributed by atoms with van der Waals surface area (Å²) in [6.45, 7) is 14.4. The van der Waals surface area contributed by atoms with Crippen LogP contribution in [0.4, 0.5) is 4.79 Å². The normalized spacial score (nSPS) is 33.9. The first kappa shape index (κ1) is 49.9. The fourth-order valence-electron chi connectivity index (χ4n) is 8.54. The lowest BCUT2D eigenvalue weighted by Crippen LogP contribution is -3.00. The Morgan fingerprint density at radius 1 is 1.16 bits per heavy atom. The predicted molar refractivity (Wildman–Crippen MR) is 215 cm³/mol. The molecule has 0 spiro atoms. The Kier molecular flexibility index (Phi) is 20.2. The largest absolute Gasteiger partial charge is 1.00 e. The molecule has 13 heteroatoms. The number of hydrogen-bond donors (Lipinski definition) is 3. The van der Waals surface area contributed by atoms with E-state index in [-0.39, 0.29) is 80.5 Å².